The van der Waals surface area contributed by atoms with Crippen molar-refractivity contribution in [3.63, 3.8) is 0 Å². The summed E-state index contributed by atoms with van der Waals surface area (Å²) >= 11 is 0. The molecule has 0 unspecified atom stereocenters. The van der Waals surface area contributed by atoms with Gasteiger partial charge in [-0.15, -0.1) is 0 Å². The molecule has 1 fully saturated rings. The number of amides is 1. The van der Waals surface area contributed by atoms with E-state index in [-0.39, 0.29) is 5.91 Å². The lowest BCUT2D eigenvalue weighted by atomic mass is 10.0. The number of hydrogen-bond acceptors (Lipinski definition) is 4. The number of benzene rings is 1. The molecule has 2 aromatic rings. The van der Waals surface area contributed by atoms with E-state index in [9.17, 15) is 4.79 Å². The summed E-state index contributed by atoms with van der Waals surface area (Å²) in [6.45, 7) is 11.3. The lowest BCUT2D eigenvalue weighted by molar-refractivity contribution is -0.115. The Hall–Kier alpha value is -2.40. The molecule has 1 aliphatic heterocycles. The summed E-state index contributed by atoms with van der Waals surface area (Å²) in [5.41, 5.74) is 6.17. The van der Waals surface area contributed by atoms with Gasteiger partial charge >= 0.3 is 0 Å². The molecule has 2 heterocycles. The molecule has 0 spiro atoms. The van der Waals surface area contributed by atoms with Crippen molar-refractivity contribution in [2.24, 2.45) is 0 Å². The van der Waals surface area contributed by atoms with Crippen LogP contribution in [-0.4, -0.2) is 37.2 Å². The van der Waals surface area contributed by atoms with Crippen molar-refractivity contribution in [3.8, 4) is 0 Å². The minimum absolute atomic E-state index is 0.0135. The standard InChI is InChI=1S/C21H27N3O2/c1-14-5-6-18(11-15(14)2)13-20(25)23-21-16(3)12-19(22-17(21)4)24-7-9-26-10-8-24/h5-6,11-12H,7-10,13H2,1-4H3,(H,23,25). The third-order valence-corrected chi connectivity index (χ3v) is 4.92. The zero-order chi connectivity index (χ0) is 18.7. The molecule has 0 aliphatic carbocycles. The Morgan fingerprint density at radius 3 is 2.46 bits per heavy atom. The smallest absolute Gasteiger partial charge is 0.228 e. The predicted molar refractivity (Wildman–Crippen MR) is 105 cm³/mol. The molecule has 1 aromatic carbocycles. The van der Waals surface area contributed by atoms with E-state index in [4.69, 9.17) is 9.72 Å². The highest BCUT2D eigenvalue weighted by atomic mass is 16.5. The number of aromatic nitrogens is 1. The molecular weight excluding hydrogens is 326 g/mol. The number of nitrogens with one attached hydrogen (secondary N) is 1. The lowest BCUT2D eigenvalue weighted by Gasteiger charge is -2.28. The summed E-state index contributed by atoms with van der Waals surface area (Å²) in [6, 6.07) is 8.20. The second-order valence-corrected chi connectivity index (χ2v) is 7.00. The van der Waals surface area contributed by atoms with Gasteiger partial charge in [-0.25, -0.2) is 4.98 Å². The maximum absolute atomic E-state index is 12.5. The molecule has 1 amide bonds. The first-order valence-electron chi connectivity index (χ1n) is 9.11. The highest BCUT2D eigenvalue weighted by Gasteiger charge is 2.16. The minimum atomic E-state index is -0.0135. The second kappa shape index (κ2) is 7.87. The highest BCUT2D eigenvalue weighted by molar-refractivity contribution is 5.93. The summed E-state index contributed by atoms with van der Waals surface area (Å²) in [6.07, 6.45) is 0.366. The molecular formula is C21H27N3O2. The van der Waals surface area contributed by atoms with E-state index in [1.54, 1.807) is 0 Å². The largest absolute Gasteiger partial charge is 0.378 e. The van der Waals surface area contributed by atoms with E-state index in [0.717, 1.165) is 54.6 Å². The quantitative estimate of drug-likeness (QED) is 0.916. The number of nitrogens with zero attached hydrogens (tertiary/aromatic N) is 2. The third-order valence-electron chi connectivity index (χ3n) is 4.92. The van der Waals surface area contributed by atoms with Crippen LogP contribution in [0.4, 0.5) is 11.5 Å². The van der Waals surface area contributed by atoms with Crippen molar-refractivity contribution < 1.29 is 9.53 Å². The SMILES string of the molecule is Cc1ccc(CC(=O)Nc2c(C)cc(N3CCOCC3)nc2C)cc1C. The molecule has 3 rings (SSSR count). The van der Waals surface area contributed by atoms with E-state index in [2.05, 4.69) is 36.2 Å². The summed E-state index contributed by atoms with van der Waals surface area (Å²) in [4.78, 5) is 19.4. The number of morpholine rings is 1. The molecule has 1 aromatic heterocycles. The number of carbonyl (C=O) groups is 1. The molecule has 0 saturated carbocycles. The fourth-order valence-electron chi connectivity index (χ4n) is 3.24. The van der Waals surface area contributed by atoms with E-state index in [1.165, 1.54) is 11.1 Å². The van der Waals surface area contributed by atoms with Crippen LogP contribution in [0.5, 0.6) is 0 Å². The van der Waals surface area contributed by atoms with Gasteiger partial charge in [0.15, 0.2) is 0 Å². The first-order valence-corrected chi connectivity index (χ1v) is 9.11. The van der Waals surface area contributed by atoms with Crippen molar-refractivity contribution in [1.82, 2.24) is 4.98 Å². The van der Waals surface area contributed by atoms with Crippen molar-refractivity contribution in [1.29, 1.82) is 0 Å². The molecule has 5 nitrogen and oxygen atoms in total. The van der Waals surface area contributed by atoms with Crippen LogP contribution in [0.2, 0.25) is 0 Å². The fraction of sp³-hybridized carbons (Fsp3) is 0.429. The van der Waals surface area contributed by atoms with Crippen LogP contribution in [0.1, 0.15) is 27.9 Å². The molecule has 1 saturated heterocycles. The summed E-state index contributed by atoms with van der Waals surface area (Å²) in [5.74, 6) is 0.941. The number of anilines is 2. The van der Waals surface area contributed by atoms with Gasteiger partial charge in [0.1, 0.15) is 5.82 Å². The average molecular weight is 353 g/mol. The van der Waals surface area contributed by atoms with Crippen LogP contribution in [0.25, 0.3) is 0 Å². The van der Waals surface area contributed by atoms with Gasteiger partial charge in [0.25, 0.3) is 0 Å². The fourth-order valence-corrected chi connectivity index (χ4v) is 3.24. The van der Waals surface area contributed by atoms with Crippen LogP contribution >= 0.6 is 0 Å². The molecule has 138 valence electrons. The van der Waals surface area contributed by atoms with Gasteiger partial charge in [0.2, 0.25) is 5.91 Å². The maximum Gasteiger partial charge on any atom is 0.228 e. The van der Waals surface area contributed by atoms with E-state index in [1.807, 2.05) is 26.0 Å². The van der Waals surface area contributed by atoms with Gasteiger partial charge in [-0.05, 0) is 56.0 Å². The van der Waals surface area contributed by atoms with Gasteiger partial charge in [0.05, 0.1) is 31.0 Å². The van der Waals surface area contributed by atoms with Gasteiger partial charge in [-0.3, -0.25) is 4.79 Å². The Bertz CT molecular complexity index is 788. The van der Waals surface area contributed by atoms with Crippen LogP contribution in [0.3, 0.4) is 0 Å². The summed E-state index contributed by atoms with van der Waals surface area (Å²) in [7, 11) is 0. The van der Waals surface area contributed by atoms with Gasteiger partial charge in [-0.2, -0.15) is 0 Å². The van der Waals surface area contributed by atoms with Crippen molar-refractivity contribution in [2.45, 2.75) is 34.1 Å². The van der Waals surface area contributed by atoms with Crippen LogP contribution < -0.4 is 10.2 Å². The number of rotatable bonds is 4. The molecule has 5 heteroatoms. The van der Waals surface area contributed by atoms with Crippen molar-refractivity contribution >= 4 is 17.4 Å². The van der Waals surface area contributed by atoms with Crippen LogP contribution in [0, 0.1) is 27.7 Å². The van der Waals surface area contributed by atoms with Crippen molar-refractivity contribution in [2.75, 3.05) is 36.5 Å². The Morgan fingerprint density at radius 2 is 1.81 bits per heavy atom. The van der Waals surface area contributed by atoms with Gasteiger partial charge in [0, 0.05) is 13.1 Å². The molecule has 0 radical (unpaired) electrons. The predicted octanol–water partition coefficient (Wildman–Crippen LogP) is 3.33. The monoisotopic (exact) mass is 353 g/mol. The Balaban J connectivity index is 1.72. The van der Waals surface area contributed by atoms with E-state index >= 15 is 0 Å². The Labute approximate surface area is 155 Å². The highest BCUT2D eigenvalue weighted by Crippen LogP contribution is 2.24. The van der Waals surface area contributed by atoms with Gasteiger partial charge in [-0.1, -0.05) is 18.2 Å². The van der Waals surface area contributed by atoms with Crippen molar-refractivity contribution in [3.05, 3.63) is 52.2 Å². The number of ether oxygens (including phenoxy) is 1. The lowest BCUT2D eigenvalue weighted by Crippen LogP contribution is -2.37. The first kappa shape index (κ1) is 18.4. The molecule has 1 aliphatic rings. The number of pyridine rings is 1. The summed E-state index contributed by atoms with van der Waals surface area (Å²) < 4.78 is 5.40. The van der Waals surface area contributed by atoms with Crippen LogP contribution in [0.15, 0.2) is 24.3 Å². The van der Waals surface area contributed by atoms with Crippen LogP contribution in [-0.2, 0) is 16.0 Å². The molecule has 26 heavy (non-hydrogen) atoms. The Morgan fingerprint density at radius 1 is 1.08 bits per heavy atom. The maximum atomic E-state index is 12.5. The molecule has 1 N–H and O–H groups in total. The zero-order valence-corrected chi connectivity index (χ0v) is 16.1. The van der Waals surface area contributed by atoms with E-state index in [0.29, 0.717) is 6.42 Å². The first-order chi connectivity index (χ1) is 12.4. The zero-order valence-electron chi connectivity index (χ0n) is 16.1. The topological polar surface area (TPSA) is 54.5 Å². The molecule has 0 atom stereocenters. The van der Waals surface area contributed by atoms with Gasteiger partial charge < -0.3 is 15.0 Å². The summed E-state index contributed by atoms with van der Waals surface area (Å²) in [5, 5.41) is 3.05. The normalized spacial score (nSPS) is 14.4. The Kier molecular flexibility index (Phi) is 5.57. The van der Waals surface area contributed by atoms with E-state index < -0.39 is 0 Å². The number of aryl methyl sites for hydroxylation is 4. The minimum Gasteiger partial charge on any atom is -0.378 e. The average Bonchev–Trinajstić information content (AvgIpc) is 2.62. The second-order valence-electron chi connectivity index (χ2n) is 7.00. The number of hydrogen-bond donors (Lipinski definition) is 1. The third kappa shape index (κ3) is 4.22. The number of carbonyl (C=O) groups excluding carboxylic acids is 1. The molecule has 0 bridgehead atoms.